The van der Waals surface area contributed by atoms with Crippen molar-refractivity contribution in [2.24, 2.45) is 5.73 Å². The van der Waals surface area contributed by atoms with Crippen LogP contribution >= 0.6 is 0 Å². The van der Waals surface area contributed by atoms with Gasteiger partial charge in [-0.1, -0.05) is 12.1 Å². The van der Waals surface area contributed by atoms with Gasteiger partial charge in [0.1, 0.15) is 4.75 Å². The number of rotatable bonds is 9. The first-order valence-corrected chi connectivity index (χ1v) is 11.7. The zero-order valence-corrected chi connectivity index (χ0v) is 19.1. The Bertz CT molecular complexity index is 960. The third-order valence-corrected chi connectivity index (χ3v) is 7.83. The molecule has 7 nitrogen and oxygen atoms in total. The van der Waals surface area contributed by atoms with Gasteiger partial charge in [0, 0.05) is 49.8 Å². The number of amides is 1. The summed E-state index contributed by atoms with van der Waals surface area (Å²) in [4.78, 5) is 23.2. The molecule has 0 spiro atoms. The molecule has 1 aliphatic rings. The minimum atomic E-state index is -4.24. The Morgan fingerprint density at radius 1 is 1.18 bits per heavy atom. The first kappa shape index (κ1) is 25.3. The molecule has 0 aliphatic carbocycles. The van der Waals surface area contributed by atoms with Crippen LogP contribution in [0.4, 0.5) is 13.2 Å². The van der Waals surface area contributed by atoms with Crippen molar-refractivity contribution in [3.63, 3.8) is 0 Å². The van der Waals surface area contributed by atoms with Gasteiger partial charge < -0.3 is 15.4 Å². The summed E-state index contributed by atoms with van der Waals surface area (Å²) in [6.45, 7) is 2.53. The number of ether oxygens (including phenoxy) is 1. The standard InChI is InChI=1S/C22H27F3N4O3S/c1-32-13-12-29-10-8-21(9-11-29,20(26)30)33(31)18-4-2-16(3-5-18)19-15-27-17(14-28-19)6-7-22(23,24)25/h2-5,14-15H,6-13H2,1H3,(H2,26,30). The fourth-order valence-corrected chi connectivity index (χ4v) is 5.33. The number of hydrogen-bond acceptors (Lipinski definition) is 6. The first-order valence-electron chi connectivity index (χ1n) is 10.6. The normalized spacial score (nSPS) is 17.6. The lowest BCUT2D eigenvalue weighted by atomic mass is 9.95. The summed E-state index contributed by atoms with van der Waals surface area (Å²) < 4.78 is 54.4. The molecule has 1 atom stereocenters. The monoisotopic (exact) mass is 484 g/mol. The summed E-state index contributed by atoms with van der Waals surface area (Å²) >= 11 is 0. The lowest BCUT2D eigenvalue weighted by molar-refractivity contribution is -0.134. The summed E-state index contributed by atoms with van der Waals surface area (Å²) in [6.07, 6.45) is -1.89. The van der Waals surface area contributed by atoms with Crippen LogP contribution in [-0.2, 0) is 26.8 Å². The zero-order chi connectivity index (χ0) is 24.1. The van der Waals surface area contributed by atoms with Crippen LogP contribution in [-0.4, -0.2) is 69.3 Å². The number of methoxy groups -OCH3 is 1. The van der Waals surface area contributed by atoms with E-state index in [4.69, 9.17) is 10.5 Å². The van der Waals surface area contributed by atoms with Crippen LogP contribution in [0.3, 0.4) is 0 Å². The number of likely N-dealkylation sites (tertiary alicyclic amines) is 1. The fourth-order valence-electron chi connectivity index (χ4n) is 3.76. The molecule has 0 saturated carbocycles. The predicted octanol–water partition coefficient (Wildman–Crippen LogP) is 2.71. The number of halogens is 3. The third-order valence-electron chi connectivity index (χ3n) is 5.81. The molecule has 2 N–H and O–H groups in total. The number of primary amides is 1. The average Bonchev–Trinajstić information content (AvgIpc) is 2.81. The number of aromatic nitrogens is 2. The molecular weight excluding hydrogens is 457 g/mol. The molecule has 0 bridgehead atoms. The van der Waals surface area contributed by atoms with Gasteiger partial charge in [-0.15, -0.1) is 0 Å². The van der Waals surface area contributed by atoms with Crippen LogP contribution in [0.1, 0.15) is 25.0 Å². The zero-order valence-electron chi connectivity index (χ0n) is 18.3. The van der Waals surface area contributed by atoms with Gasteiger partial charge in [-0.2, -0.15) is 13.2 Å². The van der Waals surface area contributed by atoms with E-state index in [1.165, 1.54) is 12.4 Å². The number of benzene rings is 1. The Labute approximate surface area is 193 Å². The van der Waals surface area contributed by atoms with Crippen molar-refractivity contribution in [1.29, 1.82) is 0 Å². The van der Waals surface area contributed by atoms with Crippen LogP contribution in [0.5, 0.6) is 0 Å². The lowest BCUT2D eigenvalue weighted by Gasteiger charge is -2.38. The highest BCUT2D eigenvalue weighted by Gasteiger charge is 2.46. The molecular formula is C22H27F3N4O3S. The van der Waals surface area contributed by atoms with Crippen LogP contribution in [0.25, 0.3) is 11.3 Å². The predicted molar refractivity (Wildman–Crippen MR) is 118 cm³/mol. The van der Waals surface area contributed by atoms with Crippen LogP contribution < -0.4 is 5.73 Å². The molecule has 1 saturated heterocycles. The Hall–Kier alpha value is -2.37. The van der Waals surface area contributed by atoms with Gasteiger partial charge in [0.05, 0.1) is 35.0 Å². The van der Waals surface area contributed by atoms with Crippen LogP contribution in [0.2, 0.25) is 0 Å². The molecule has 1 aliphatic heterocycles. The number of alkyl halides is 3. The molecule has 3 rings (SSSR count). The lowest BCUT2D eigenvalue weighted by Crippen LogP contribution is -2.55. The van der Waals surface area contributed by atoms with E-state index in [2.05, 4.69) is 14.9 Å². The number of piperidine rings is 1. The number of nitrogens with zero attached hydrogens (tertiary/aromatic N) is 3. The van der Waals surface area contributed by atoms with Crippen molar-refractivity contribution in [1.82, 2.24) is 14.9 Å². The summed E-state index contributed by atoms with van der Waals surface area (Å²) in [5.74, 6) is -0.573. The summed E-state index contributed by atoms with van der Waals surface area (Å²) in [5, 5.41) is 0. The van der Waals surface area contributed by atoms with Crippen LogP contribution in [0.15, 0.2) is 41.6 Å². The van der Waals surface area contributed by atoms with E-state index >= 15 is 0 Å². The molecule has 1 aromatic heterocycles. The Morgan fingerprint density at radius 2 is 1.85 bits per heavy atom. The van der Waals surface area contributed by atoms with Gasteiger partial charge in [-0.25, -0.2) is 0 Å². The number of aryl methyl sites for hydroxylation is 1. The van der Waals surface area contributed by atoms with E-state index < -0.39 is 34.1 Å². The van der Waals surface area contributed by atoms with Crippen molar-refractivity contribution in [2.45, 2.75) is 41.5 Å². The smallest absolute Gasteiger partial charge is 0.383 e. The summed E-state index contributed by atoms with van der Waals surface area (Å²) in [7, 11) is -0.00464. The molecule has 1 fully saturated rings. The molecule has 180 valence electrons. The molecule has 1 amide bonds. The van der Waals surface area contributed by atoms with E-state index in [0.29, 0.717) is 48.7 Å². The van der Waals surface area contributed by atoms with E-state index in [9.17, 15) is 22.2 Å². The number of hydrogen-bond donors (Lipinski definition) is 1. The topological polar surface area (TPSA) is 98.4 Å². The number of carbonyl (C=O) groups is 1. The molecule has 11 heteroatoms. The van der Waals surface area contributed by atoms with Crippen LogP contribution in [0, 0.1) is 0 Å². The molecule has 2 aromatic rings. The van der Waals surface area contributed by atoms with E-state index in [0.717, 1.165) is 6.54 Å². The second-order valence-corrected chi connectivity index (χ2v) is 9.78. The second-order valence-electron chi connectivity index (χ2n) is 7.99. The van der Waals surface area contributed by atoms with Crippen molar-refractivity contribution in [3.8, 4) is 11.3 Å². The highest BCUT2D eigenvalue weighted by atomic mass is 32.2. The van der Waals surface area contributed by atoms with E-state index in [1.807, 2.05) is 0 Å². The Kier molecular flexibility index (Phi) is 8.19. The van der Waals surface area contributed by atoms with Crippen molar-refractivity contribution >= 4 is 16.7 Å². The highest BCUT2D eigenvalue weighted by molar-refractivity contribution is 7.87. The van der Waals surface area contributed by atoms with Gasteiger partial charge >= 0.3 is 6.18 Å². The minimum Gasteiger partial charge on any atom is -0.383 e. The Balaban J connectivity index is 1.69. The largest absolute Gasteiger partial charge is 0.389 e. The number of carbonyl (C=O) groups excluding carboxylic acids is 1. The second kappa shape index (κ2) is 10.7. The highest BCUT2D eigenvalue weighted by Crippen LogP contribution is 2.33. The van der Waals surface area contributed by atoms with Crippen molar-refractivity contribution in [2.75, 3.05) is 33.4 Å². The fraction of sp³-hybridized carbons (Fsp3) is 0.500. The SMILES string of the molecule is COCCN1CCC(C(N)=O)(S(=O)c2ccc(-c3cnc(CCC(F)(F)F)cn3)cc2)CC1. The van der Waals surface area contributed by atoms with Crippen molar-refractivity contribution < 1.29 is 26.9 Å². The average molecular weight is 485 g/mol. The number of nitrogens with two attached hydrogens (primary N) is 1. The van der Waals surface area contributed by atoms with Gasteiger partial charge in [-0.05, 0) is 31.4 Å². The maximum Gasteiger partial charge on any atom is 0.389 e. The molecule has 2 heterocycles. The maximum atomic E-state index is 13.4. The molecule has 1 aromatic carbocycles. The van der Waals surface area contributed by atoms with Gasteiger partial charge in [0.15, 0.2) is 0 Å². The van der Waals surface area contributed by atoms with E-state index in [-0.39, 0.29) is 12.1 Å². The van der Waals surface area contributed by atoms with Gasteiger partial charge in [0.2, 0.25) is 5.91 Å². The van der Waals surface area contributed by atoms with E-state index in [1.54, 1.807) is 31.4 Å². The quantitative estimate of drug-likeness (QED) is 0.588. The molecule has 33 heavy (non-hydrogen) atoms. The minimum absolute atomic E-state index is 0.229. The summed E-state index contributed by atoms with van der Waals surface area (Å²) in [6, 6.07) is 6.73. The molecule has 1 unspecified atom stereocenters. The summed E-state index contributed by atoms with van der Waals surface area (Å²) in [5.41, 5.74) is 7.13. The maximum absolute atomic E-state index is 13.4. The van der Waals surface area contributed by atoms with Crippen molar-refractivity contribution in [3.05, 3.63) is 42.4 Å². The van der Waals surface area contributed by atoms with Gasteiger partial charge in [0.25, 0.3) is 0 Å². The first-order chi connectivity index (χ1) is 15.6. The Morgan fingerprint density at radius 3 is 2.36 bits per heavy atom. The molecule has 0 radical (unpaired) electrons. The third kappa shape index (κ3) is 6.36. The van der Waals surface area contributed by atoms with Gasteiger partial charge in [-0.3, -0.25) is 19.0 Å².